The van der Waals surface area contributed by atoms with Crippen LogP contribution in [0.15, 0.2) is 6.20 Å². The van der Waals surface area contributed by atoms with Crippen molar-refractivity contribution in [2.45, 2.75) is 6.61 Å². The first kappa shape index (κ1) is 15.8. The molecule has 1 aromatic heterocycles. The number of methoxy groups -OCH3 is 1. The number of rotatable bonds is 11. The molecule has 0 spiro atoms. The predicted molar refractivity (Wildman–Crippen MR) is 70.3 cm³/mol. The van der Waals surface area contributed by atoms with Crippen molar-refractivity contribution in [1.82, 2.24) is 4.98 Å². The quantitative estimate of drug-likeness (QED) is 0.584. The van der Waals surface area contributed by atoms with E-state index in [0.717, 1.165) is 4.88 Å². The summed E-state index contributed by atoms with van der Waals surface area (Å²) in [5, 5.41) is 0. The predicted octanol–water partition coefficient (Wildman–Crippen LogP) is 1.99. The highest BCUT2D eigenvalue weighted by Gasteiger charge is 1.99. The van der Waals surface area contributed by atoms with Crippen LogP contribution in [-0.2, 0) is 25.6 Å². The monoisotopic (exact) mass is 295 g/mol. The number of hydrogen-bond acceptors (Lipinski definition) is 6. The van der Waals surface area contributed by atoms with Crippen LogP contribution in [0.2, 0.25) is 4.47 Å². The molecule has 0 aromatic carbocycles. The molecule has 0 unspecified atom stereocenters. The van der Waals surface area contributed by atoms with Gasteiger partial charge in [-0.3, -0.25) is 0 Å². The van der Waals surface area contributed by atoms with Gasteiger partial charge in [-0.1, -0.05) is 11.6 Å². The average Bonchev–Trinajstić information content (AvgIpc) is 2.77. The summed E-state index contributed by atoms with van der Waals surface area (Å²) in [5.41, 5.74) is 0. The Balaban J connectivity index is 1.81. The lowest BCUT2D eigenvalue weighted by molar-refractivity contribution is 0.00118. The van der Waals surface area contributed by atoms with Crippen molar-refractivity contribution in [2.24, 2.45) is 0 Å². The van der Waals surface area contributed by atoms with Gasteiger partial charge in [-0.05, 0) is 0 Å². The summed E-state index contributed by atoms with van der Waals surface area (Å²) in [4.78, 5) is 4.94. The number of halogens is 1. The highest BCUT2D eigenvalue weighted by Crippen LogP contribution is 2.18. The smallest absolute Gasteiger partial charge is 0.183 e. The number of ether oxygens (including phenoxy) is 4. The Bertz CT molecular complexity index is 311. The molecule has 0 aliphatic heterocycles. The topological polar surface area (TPSA) is 49.8 Å². The zero-order chi connectivity index (χ0) is 13.1. The van der Waals surface area contributed by atoms with Crippen LogP contribution >= 0.6 is 22.9 Å². The maximum absolute atomic E-state index is 5.70. The van der Waals surface area contributed by atoms with Gasteiger partial charge in [0.1, 0.15) is 0 Å². The minimum Gasteiger partial charge on any atom is -0.382 e. The summed E-state index contributed by atoms with van der Waals surface area (Å²) >= 11 is 7.12. The lowest BCUT2D eigenvalue weighted by Crippen LogP contribution is -2.11. The van der Waals surface area contributed by atoms with Gasteiger partial charge in [0.15, 0.2) is 4.47 Å². The highest BCUT2D eigenvalue weighted by molar-refractivity contribution is 7.15. The van der Waals surface area contributed by atoms with E-state index in [1.165, 1.54) is 11.3 Å². The molecular formula is C11H18ClNO4S. The summed E-state index contributed by atoms with van der Waals surface area (Å²) in [6.07, 6.45) is 1.72. The molecule has 0 saturated heterocycles. The van der Waals surface area contributed by atoms with Gasteiger partial charge in [0.25, 0.3) is 0 Å². The van der Waals surface area contributed by atoms with Crippen molar-refractivity contribution in [3.63, 3.8) is 0 Å². The standard InChI is InChI=1S/C11H18ClNO4S/c1-14-2-3-15-4-5-16-6-7-17-9-10-8-13-11(12)18-10/h8H,2-7,9H2,1H3. The molecule has 1 rings (SSSR count). The van der Waals surface area contributed by atoms with Crippen molar-refractivity contribution in [3.8, 4) is 0 Å². The number of hydrogen-bond donors (Lipinski definition) is 0. The minimum absolute atomic E-state index is 0.526. The van der Waals surface area contributed by atoms with Crippen molar-refractivity contribution in [2.75, 3.05) is 46.8 Å². The second-order valence-electron chi connectivity index (χ2n) is 3.35. The molecule has 0 amide bonds. The van der Waals surface area contributed by atoms with Crippen LogP contribution in [0.4, 0.5) is 0 Å². The van der Waals surface area contributed by atoms with Crippen LogP contribution in [0, 0.1) is 0 Å². The first-order chi connectivity index (χ1) is 8.83. The molecule has 104 valence electrons. The van der Waals surface area contributed by atoms with Crippen molar-refractivity contribution in [3.05, 3.63) is 15.5 Å². The SMILES string of the molecule is COCCOCCOCCOCc1cnc(Cl)s1. The molecule has 1 heterocycles. The Morgan fingerprint density at radius 2 is 1.67 bits per heavy atom. The Morgan fingerprint density at radius 1 is 1.06 bits per heavy atom. The molecule has 0 atom stereocenters. The third-order valence-electron chi connectivity index (χ3n) is 1.95. The zero-order valence-electron chi connectivity index (χ0n) is 10.4. The van der Waals surface area contributed by atoms with E-state index in [1.54, 1.807) is 13.3 Å². The fourth-order valence-electron chi connectivity index (χ4n) is 1.11. The fourth-order valence-corrected chi connectivity index (χ4v) is 2.02. The molecular weight excluding hydrogens is 278 g/mol. The van der Waals surface area contributed by atoms with E-state index in [9.17, 15) is 0 Å². The molecule has 0 bridgehead atoms. The third kappa shape index (κ3) is 7.97. The van der Waals surface area contributed by atoms with Crippen LogP contribution in [0.5, 0.6) is 0 Å². The van der Waals surface area contributed by atoms with Gasteiger partial charge < -0.3 is 18.9 Å². The number of thiazole rings is 1. The van der Waals surface area contributed by atoms with Crippen LogP contribution in [0.1, 0.15) is 4.88 Å². The molecule has 5 nitrogen and oxygen atoms in total. The van der Waals surface area contributed by atoms with Crippen molar-refractivity contribution >= 4 is 22.9 Å². The fraction of sp³-hybridized carbons (Fsp3) is 0.727. The van der Waals surface area contributed by atoms with Crippen molar-refractivity contribution in [1.29, 1.82) is 0 Å². The molecule has 0 N–H and O–H groups in total. The van der Waals surface area contributed by atoms with E-state index in [4.69, 9.17) is 30.5 Å². The van der Waals surface area contributed by atoms with E-state index in [2.05, 4.69) is 4.98 Å². The van der Waals surface area contributed by atoms with Crippen LogP contribution in [-0.4, -0.2) is 51.7 Å². The largest absolute Gasteiger partial charge is 0.382 e. The molecule has 0 fully saturated rings. The maximum Gasteiger partial charge on any atom is 0.183 e. The van der Waals surface area contributed by atoms with Gasteiger partial charge in [-0.2, -0.15) is 0 Å². The van der Waals surface area contributed by atoms with Gasteiger partial charge in [-0.25, -0.2) is 4.98 Å². The minimum atomic E-state index is 0.526. The molecule has 0 saturated carbocycles. The lowest BCUT2D eigenvalue weighted by Gasteiger charge is -2.05. The zero-order valence-corrected chi connectivity index (χ0v) is 12.0. The van der Waals surface area contributed by atoms with Gasteiger partial charge in [0.2, 0.25) is 0 Å². The Morgan fingerprint density at radius 3 is 2.22 bits per heavy atom. The Labute approximate surface area is 116 Å². The van der Waals surface area contributed by atoms with Gasteiger partial charge >= 0.3 is 0 Å². The molecule has 7 heteroatoms. The summed E-state index contributed by atoms with van der Waals surface area (Å²) in [6, 6.07) is 0. The Kier molecular flexibility index (Phi) is 9.37. The van der Waals surface area contributed by atoms with E-state index in [0.29, 0.717) is 50.7 Å². The molecule has 0 aliphatic rings. The van der Waals surface area contributed by atoms with Gasteiger partial charge in [0, 0.05) is 13.3 Å². The average molecular weight is 296 g/mol. The highest BCUT2D eigenvalue weighted by atomic mass is 35.5. The van der Waals surface area contributed by atoms with Gasteiger partial charge in [-0.15, -0.1) is 11.3 Å². The first-order valence-corrected chi connectivity index (χ1v) is 6.84. The second-order valence-corrected chi connectivity index (χ2v) is 5.05. The third-order valence-corrected chi connectivity index (χ3v) is 3.03. The van der Waals surface area contributed by atoms with E-state index < -0.39 is 0 Å². The maximum atomic E-state index is 5.70. The second kappa shape index (κ2) is 10.7. The number of nitrogens with zero attached hydrogens (tertiary/aromatic N) is 1. The molecule has 1 aromatic rings. The van der Waals surface area contributed by atoms with E-state index >= 15 is 0 Å². The molecule has 0 radical (unpaired) electrons. The first-order valence-electron chi connectivity index (χ1n) is 5.65. The van der Waals surface area contributed by atoms with Gasteiger partial charge in [0.05, 0.1) is 51.1 Å². The normalized spacial score (nSPS) is 11.0. The van der Waals surface area contributed by atoms with Crippen LogP contribution in [0.25, 0.3) is 0 Å². The van der Waals surface area contributed by atoms with Crippen molar-refractivity contribution < 1.29 is 18.9 Å². The van der Waals surface area contributed by atoms with Crippen LogP contribution in [0.3, 0.4) is 0 Å². The summed E-state index contributed by atoms with van der Waals surface area (Å²) in [6.45, 7) is 3.99. The molecule has 18 heavy (non-hydrogen) atoms. The van der Waals surface area contributed by atoms with E-state index in [1.807, 2.05) is 0 Å². The summed E-state index contributed by atoms with van der Waals surface area (Å²) < 4.78 is 21.4. The van der Waals surface area contributed by atoms with Crippen LogP contribution < -0.4 is 0 Å². The Hall–Kier alpha value is -0.240. The number of aromatic nitrogens is 1. The summed E-state index contributed by atoms with van der Waals surface area (Å²) in [7, 11) is 1.65. The van der Waals surface area contributed by atoms with E-state index in [-0.39, 0.29) is 0 Å². The lowest BCUT2D eigenvalue weighted by atomic mass is 10.6. The molecule has 0 aliphatic carbocycles. The summed E-state index contributed by atoms with van der Waals surface area (Å²) in [5.74, 6) is 0.